The highest BCUT2D eigenvalue weighted by atomic mass is 16.5. The number of nitrogens with zero attached hydrogens (tertiary/aromatic N) is 1. The average Bonchev–Trinajstić information content (AvgIpc) is 3.09. The zero-order valence-electron chi connectivity index (χ0n) is 11.7. The number of hydrogen-bond acceptors (Lipinski definition) is 3. The fourth-order valence-electron chi connectivity index (χ4n) is 2.58. The van der Waals surface area contributed by atoms with Gasteiger partial charge >= 0.3 is 0 Å². The maximum absolute atomic E-state index is 12.4. The maximum atomic E-state index is 12.4. The molecular formula is C17H18N2O2. The molecule has 1 fully saturated rings. The van der Waals surface area contributed by atoms with Crippen LogP contribution in [0.2, 0.25) is 0 Å². The lowest BCUT2D eigenvalue weighted by molar-refractivity contribution is -0.130. The minimum atomic E-state index is -0.321. The molecule has 1 aliphatic heterocycles. The van der Waals surface area contributed by atoms with Gasteiger partial charge in [0.2, 0.25) is 5.91 Å². The lowest BCUT2D eigenvalue weighted by Crippen LogP contribution is -2.37. The van der Waals surface area contributed by atoms with Gasteiger partial charge in [-0.25, -0.2) is 0 Å². The summed E-state index contributed by atoms with van der Waals surface area (Å²) in [5.74, 6) is -0.0434. The molecule has 2 heterocycles. The molecule has 2 atom stereocenters. The highest BCUT2D eigenvalue weighted by Crippen LogP contribution is 2.22. The maximum Gasteiger partial charge on any atom is 0.249 e. The van der Waals surface area contributed by atoms with E-state index < -0.39 is 0 Å². The van der Waals surface area contributed by atoms with Crippen molar-refractivity contribution >= 4 is 5.91 Å². The van der Waals surface area contributed by atoms with Gasteiger partial charge in [0.05, 0.1) is 6.04 Å². The lowest BCUT2D eigenvalue weighted by Gasteiger charge is -2.21. The molecule has 0 aliphatic carbocycles. The van der Waals surface area contributed by atoms with Crippen LogP contribution in [0.5, 0.6) is 0 Å². The number of amides is 1. The third kappa shape index (κ3) is 3.28. The fourth-order valence-corrected chi connectivity index (χ4v) is 2.58. The smallest absolute Gasteiger partial charge is 0.249 e. The van der Waals surface area contributed by atoms with Crippen molar-refractivity contribution in [3.63, 3.8) is 0 Å². The zero-order chi connectivity index (χ0) is 14.5. The lowest BCUT2D eigenvalue weighted by atomic mass is 9.99. The summed E-state index contributed by atoms with van der Waals surface area (Å²) in [6, 6.07) is 13.6. The first-order chi connectivity index (χ1) is 10.3. The molecule has 1 amide bonds. The molecule has 1 aromatic heterocycles. The van der Waals surface area contributed by atoms with E-state index in [4.69, 9.17) is 4.74 Å². The standard InChI is InChI=1S/C17H18N2O2/c20-17(15-7-4-12-21-15)19-16(13-5-2-1-3-6-13)14-8-10-18-11-9-14/h1-3,5-6,8-11,15-16H,4,7,12H2,(H,19,20)/t15-,16-/m1/s1. The average molecular weight is 282 g/mol. The largest absolute Gasteiger partial charge is 0.368 e. The molecule has 0 bridgehead atoms. The van der Waals surface area contributed by atoms with Gasteiger partial charge in [0, 0.05) is 19.0 Å². The summed E-state index contributed by atoms with van der Waals surface area (Å²) >= 11 is 0. The number of aromatic nitrogens is 1. The van der Waals surface area contributed by atoms with Crippen molar-refractivity contribution in [3.05, 3.63) is 66.0 Å². The second kappa shape index (κ2) is 6.50. The van der Waals surface area contributed by atoms with E-state index in [0.717, 1.165) is 24.0 Å². The summed E-state index contributed by atoms with van der Waals surface area (Å²) in [6.45, 7) is 0.670. The van der Waals surface area contributed by atoms with Crippen molar-refractivity contribution in [1.82, 2.24) is 10.3 Å². The van der Waals surface area contributed by atoms with E-state index in [2.05, 4.69) is 10.3 Å². The quantitative estimate of drug-likeness (QED) is 0.937. The van der Waals surface area contributed by atoms with Crippen molar-refractivity contribution in [1.29, 1.82) is 0 Å². The normalized spacial score (nSPS) is 19.1. The van der Waals surface area contributed by atoms with Crippen LogP contribution in [-0.2, 0) is 9.53 Å². The van der Waals surface area contributed by atoms with Gasteiger partial charge in [-0.3, -0.25) is 9.78 Å². The fraction of sp³-hybridized carbons (Fsp3) is 0.294. The van der Waals surface area contributed by atoms with Gasteiger partial charge in [0.1, 0.15) is 6.10 Å². The molecule has 21 heavy (non-hydrogen) atoms. The number of pyridine rings is 1. The van der Waals surface area contributed by atoms with Crippen molar-refractivity contribution in [2.75, 3.05) is 6.61 Å². The van der Waals surface area contributed by atoms with Crippen LogP contribution in [0.4, 0.5) is 0 Å². The molecule has 0 radical (unpaired) electrons. The number of ether oxygens (including phenoxy) is 1. The summed E-state index contributed by atoms with van der Waals surface area (Å²) < 4.78 is 5.46. The first-order valence-corrected chi connectivity index (χ1v) is 7.21. The molecule has 0 unspecified atom stereocenters. The highest BCUT2D eigenvalue weighted by molar-refractivity contribution is 5.81. The second-order valence-electron chi connectivity index (χ2n) is 5.13. The van der Waals surface area contributed by atoms with Crippen molar-refractivity contribution in [3.8, 4) is 0 Å². The molecular weight excluding hydrogens is 264 g/mol. The topological polar surface area (TPSA) is 51.2 Å². The Morgan fingerprint density at radius 3 is 2.52 bits per heavy atom. The minimum Gasteiger partial charge on any atom is -0.368 e. The number of hydrogen-bond donors (Lipinski definition) is 1. The molecule has 1 aromatic carbocycles. The van der Waals surface area contributed by atoms with E-state index in [-0.39, 0.29) is 18.1 Å². The number of carbonyl (C=O) groups is 1. The van der Waals surface area contributed by atoms with Crippen molar-refractivity contribution in [2.24, 2.45) is 0 Å². The summed E-state index contributed by atoms with van der Waals surface area (Å²) in [5, 5.41) is 3.10. The van der Waals surface area contributed by atoms with Crippen LogP contribution < -0.4 is 5.32 Å². The summed E-state index contributed by atoms with van der Waals surface area (Å²) in [5.41, 5.74) is 2.07. The molecule has 3 rings (SSSR count). The summed E-state index contributed by atoms with van der Waals surface area (Å²) in [7, 11) is 0. The van der Waals surface area contributed by atoms with Crippen LogP contribution in [-0.4, -0.2) is 23.6 Å². The van der Waals surface area contributed by atoms with Gasteiger partial charge in [0.15, 0.2) is 0 Å². The Morgan fingerprint density at radius 2 is 1.86 bits per heavy atom. The van der Waals surface area contributed by atoms with Gasteiger partial charge in [0.25, 0.3) is 0 Å². The Hall–Kier alpha value is -2.20. The van der Waals surface area contributed by atoms with Crippen LogP contribution in [0.25, 0.3) is 0 Å². The van der Waals surface area contributed by atoms with Crippen LogP contribution in [0, 0.1) is 0 Å². The zero-order valence-corrected chi connectivity index (χ0v) is 11.7. The Bertz CT molecular complexity index is 541. The third-order valence-corrected chi connectivity index (χ3v) is 3.68. The molecule has 0 saturated carbocycles. The highest BCUT2D eigenvalue weighted by Gasteiger charge is 2.26. The van der Waals surface area contributed by atoms with Crippen LogP contribution >= 0.6 is 0 Å². The summed E-state index contributed by atoms with van der Waals surface area (Å²) in [4.78, 5) is 16.4. The Balaban J connectivity index is 1.84. The number of nitrogens with one attached hydrogen (secondary N) is 1. The molecule has 2 aromatic rings. The first kappa shape index (κ1) is 13.8. The molecule has 108 valence electrons. The van der Waals surface area contributed by atoms with Gasteiger partial charge in [-0.2, -0.15) is 0 Å². The number of rotatable bonds is 4. The van der Waals surface area contributed by atoms with Gasteiger partial charge < -0.3 is 10.1 Å². The minimum absolute atomic E-state index is 0.0434. The third-order valence-electron chi connectivity index (χ3n) is 3.68. The van der Waals surface area contributed by atoms with Crippen LogP contribution in [0.1, 0.15) is 30.0 Å². The van der Waals surface area contributed by atoms with Gasteiger partial charge in [-0.15, -0.1) is 0 Å². The second-order valence-corrected chi connectivity index (χ2v) is 5.13. The van der Waals surface area contributed by atoms with E-state index in [0.29, 0.717) is 6.61 Å². The number of carbonyl (C=O) groups excluding carboxylic acids is 1. The van der Waals surface area contributed by atoms with Crippen molar-refractivity contribution < 1.29 is 9.53 Å². The van der Waals surface area contributed by atoms with E-state index in [1.54, 1.807) is 12.4 Å². The van der Waals surface area contributed by atoms with Crippen LogP contribution in [0.15, 0.2) is 54.9 Å². The monoisotopic (exact) mass is 282 g/mol. The first-order valence-electron chi connectivity index (χ1n) is 7.21. The molecule has 1 aliphatic rings. The predicted molar refractivity (Wildman–Crippen MR) is 79.6 cm³/mol. The van der Waals surface area contributed by atoms with Crippen LogP contribution in [0.3, 0.4) is 0 Å². The van der Waals surface area contributed by atoms with E-state index in [1.807, 2.05) is 42.5 Å². The molecule has 4 nitrogen and oxygen atoms in total. The Morgan fingerprint density at radius 1 is 1.14 bits per heavy atom. The SMILES string of the molecule is O=C(N[C@H](c1ccccc1)c1ccncc1)[C@H]1CCCO1. The molecule has 1 saturated heterocycles. The van der Waals surface area contributed by atoms with E-state index in [9.17, 15) is 4.79 Å². The Kier molecular flexibility index (Phi) is 4.26. The van der Waals surface area contributed by atoms with Gasteiger partial charge in [-0.05, 0) is 36.1 Å². The predicted octanol–water partition coefficient (Wildman–Crippen LogP) is 2.47. The number of benzene rings is 1. The van der Waals surface area contributed by atoms with Crippen molar-refractivity contribution in [2.45, 2.75) is 25.0 Å². The Labute approximate surface area is 124 Å². The van der Waals surface area contributed by atoms with E-state index >= 15 is 0 Å². The van der Waals surface area contributed by atoms with Gasteiger partial charge in [-0.1, -0.05) is 30.3 Å². The summed E-state index contributed by atoms with van der Waals surface area (Å²) in [6.07, 6.45) is 4.90. The van der Waals surface area contributed by atoms with E-state index in [1.165, 1.54) is 0 Å². The molecule has 0 spiro atoms. The molecule has 4 heteroatoms. The molecule has 1 N–H and O–H groups in total.